The molecule has 1 heterocycles. The van der Waals surface area contributed by atoms with E-state index in [-0.39, 0.29) is 24.8 Å². The van der Waals surface area contributed by atoms with Crippen LogP contribution in [0.25, 0.3) is 12.2 Å². The molecule has 4 rings (SSSR count). The SMILES string of the molecule is CC1(C)c2cc(OC[C@H](O)CO)ccc2C(=O)c2c1[nH]c1c2C=C=CC(O)=C1. The lowest BCUT2D eigenvalue weighted by atomic mass is 9.71. The Morgan fingerprint density at radius 2 is 2.07 bits per heavy atom. The van der Waals surface area contributed by atoms with E-state index in [0.29, 0.717) is 28.1 Å². The normalized spacial score (nSPS) is 17.3. The monoisotopic (exact) mass is 379 g/mol. The molecule has 0 spiro atoms. The zero-order valence-corrected chi connectivity index (χ0v) is 15.6. The highest BCUT2D eigenvalue weighted by atomic mass is 16.5. The molecule has 1 aromatic heterocycles. The number of aliphatic hydroxyl groups is 3. The number of carbonyl (C=O) groups excluding carboxylic acids is 1. The second-order valence-electron chi connectivity index (χ2n) is 7.54. The van der Waals surface area contributed by atoms with Gasteiger partial charge in [0.05, 0.1) is 17.9 Å². The van der Waals surface area contributed by atoms with Gasteiger partial charge in [0, 0.05) is 34.4 Å². The number of allylic oxidation sites excluding steroid dienone is 1. The van der Waals surface area contributed by atoms with Crippen LogP contribution < -0.4 is 4.74 Å². The molecule has 0 amide bonds. The lowest BCUT2D eigenvalue weighted by Crippen LogP contribution is -2.30. The number of aliphatic hydroxyl groups excluding tert-OH is 3. The van der Waals surface area contributed by atoms with Crippen LogP contribution in [0.15, 0.2) is 35.8 Å². The van der Waals surface area contributed by atoms with E-state index < -0.39 is 11.5 Å². The van der Waals surface area contributed by atoms with Crippen LogP contribution in [0.2, 0.25) is 0 Å². The van der Waals surface area contributed by atoms with E-state index in [0.717, 1.165) is 11.3 Å². The highest BCUT2D eigenvalue weighted by Crippen LogP contribution is 2.44. The van der Waals surface area contributed by atoms with Crippen LogP contribution in [-0.4, -0.2) is 45.4 Å². The van der Waals surface area contributed by atoms with E-state index in [1.165, 1.54) is 6.08 Å². The molecule has 1 aromatic carbocycles. The molecule has 0 unspecified atom stereocenters. The van der Waals surface area contributed by atoms with Crippen LogP contribution in [-0.2, 0) is 5.41 Å². The van der Waals surface area contributed by atoms with Crippen LogP contribution in [0.1, 0.15) is 52.3 Å². The van der Waals surface area contributed by atoms with E-state index in [2.05, 4.69) is 10.7 Å². The molecule has 6 nitrogen and oxygen atoms in total. The van der Waals surface area contributed by atoms with Crippen LogP contribution in [0.3, 0.4) is 0 Å². The third kappa shape index (κ3) is 2.79. The Morgan fingerprint density at radius 3 is 2.82 bits per heavy atom. The predicted octanol–water partition coefficient (Wildman–Crippen LogP) is 2.70. The number of fused-ring (bicyclic) bond motifs is 4. The van der Waals surface area contributed by atoms with Gasteiger partial charge in [0.15, 0.2) is 5.78 Å². The average molecular weight is 379 g/mol. The van der Waals surface area contributed by atoms with Gasteiger partial charge in [0.25, 0.3) is 0 Å². The zero-order valence-electron chi connectivity index (χ0n) is 15.6. The number of ether oxygens (including phenoxy) is 1. The third-order valence-corrected chi connectivity index (χ3v) is 5.23. The Hall–Kier alpha value is -3.05. The fourth-order valence-corrected chi connectivity index (χ4v) is 3.74. The Balaban J connectivity index is 1.82. The summed E-state index contributed by atoms with van der Waals surface area (Å²) in [6.07, 6.45) is 3.78. The summed E-state index contributed by atoms with van der Waals surface area (Å²) in [5, 5.41) is 28.3. The number of hydrogen-bond acceptors (Lipinski definition) is 5. The Labute approximate surface area is 162 Å². The number of hydrogen-bond donors (Lipinski definition) is 4. The summed E-state index contributed by atoms with van der Waals surface area (Å²) in [5.74, 6) is 0.482. The van der Waals surface area contributed by atoms with Crippen molar-refractivity contribution in [3.05, 3.63) is 69.4 Å². The van der Waals surface area contributed by atoms with Gasteiger partial charge in [-0.25, -0.2) is 0 Å². The minimum absolute atomic E-state index is 0.0348. The standard InChI is InChI=1S/C22H21NO5/c1-22(2)17-9-14(28-11-13(26)10-24)6-7-15(17)20(27)19-16-5-3-4-12(25)8-18(16)23-21(19)22/h4-9,13,23-26H,10-11H2,1-2H3/t13-/m1/s1. The minimum atomic E-state index is -0.962. The van der Waals surface area contributed by atoms with E-state index in [9.17, 15) is 15.0 Å². The topological polar surface area (TPSA) is 103 Å². The van der Waals surface area contributed by atoms with Gasteiger partial charge in [-0.3, -0.25) is 4.79 Å². The maximum Gasteiger partial charge on any atom is 0.195 e. The minimum Gasteiger partial charge on any atom is -0.507 e. The number of nitrogens with one attached hydrogen (secondary N) is 1. The van der Waals surface area contributed by atoms with Crippen LogP contribution in [0.5, 0.6) is 5.75 Å². The largest absolute Gasteiger partial charge is 0.507 e. The first-order chi connectivity index (χ1) is 13.3. The summed E-state index contributed by atoms with van der Waals surface area (Å²) >= 11 is 0. The highest BCUT2D eigenvalue weighted by Gasteiger charge is 2.40. The Kier molecular flexibility index (Phi) is 4.27. The van der Waals surface area contributed by atoms with Gasteiger partial charge in [-0.15, -0.1) is 5.73 Å². The zero-order chi connectivity index (χ0) is 20.1. The maximum absolute atomic E-state index is 13.3. The summed E-state index contributed by atoms with van der Waals surface area (Å²) in [5.41, 5.74) is 6.52. The van der Waals surface area contributed by atoms with E-state index >= 15 is 0 Å². The number of H-pyrrole nitrogens is 1. The van der Waals surface area contributed by atoms with Gasteiger partial charge in [0.2, 0.25) is 0 Å². The van der Waals surface area contributed by atoms with Gasteiger partial charge in [-0.05, 0) is 29.8 Å². The summed E-state index contributed by atoms with van der Waals surface area (Å²) in [6, 6.07) is 5.22. The summed E-state index contributed by atoms with van der Waals surface area (Å²) in [7, 11) is 0. The molecule has 0 saturated carbocycles. The summed E-state index contributed by atoms with van der Waals surface area (Å²) in [4.78, 5) is 16.6. The second kappa shape index (κ2) is 6.53. The van der Waals surface area contributed by atoms with Crippen molar-refractivity contribution in [1.29, 1.82) is 0 Å². The number of aromatic amines is 1. The van der Waals surface area contributed by atoms with Crippen molar-refractivity contribution in [3.63, 3.8) is 0 Å². The molecule has 0 fully saturated rings. The van der Waals surface area contributed by atoms with E-state index in [4.69, 9.17) is 9.84 Å². The molecule has 4 N–H and O–H groups in total. The molecule has 2 aromatic rings. The van der Waals surface area contributed by atoms with Crippen molar-refractivity contribution in [2.45, 2.75) is 25.4 Å². The molecule has 2 aliphatic rings. The van der Waals surface area contributed by atoms with Gasteiger partial charge in [-0.1, -0.05) is 13.8 Å². The molecule has 1 atom stereocenters. The van der Waals surface area contributed by atoms with E-state index in [1.807, 2.05) is 13.8 Å². The fraction of sp³-hybridized carbons (Fsp3) is 0.273. The first-order valence-corrected chi connectivity index (χ1v) is 9.03. The van der Waals surface area contributed by atoms with Crippen molar-refractivity contribution in [3.8, 4) is 5.75 Å². The first-order valence-electron chi connectivity index (χ1n) is 9.03. The van der Waals surface area contributed by atoms with Crippen molar-refractivity contribution >= 4 is 17.9 Å². The summed E-state index contributed by atoms with van der Waals surface area (Å²) < 4.78 is 5.56. The van der Waals surface area contributed by atoms with Crippen LogP contribution in [0, 0.1) is 0 Å². The maximum atomic E-state index is 13.3. The summed E-state index contributed by atoms with van der Waals surface area (Å²) in [6.45, 7) is 3.62. The molecular weight excluding hydrogens is 358 g/mol. The lowest BCUT2D eigenvalue weighted by molar-refractivity contribution is 0.0535. The number of rotatable bonds is 4. The number of aromatic nitrogens is 1. The number of carbonyl (C=O) groups is 1. The molecule has 6 heteroatoms. The van der Waals surface area contributed by atoms with Crippen LogP contribution in [0.4, 0.5) is 0 Å². The molecule has 2 aliphatic carbocycles. The number of benzene rings is 1. The van der Waals surface area contributed by atoms with Crippen molar-refractivity contribution < 1.29 is 24.9 Å². The van der Waals surface area contributed by atoms with Gasteiger partial charge < -0.3 is 25.0 Å². The molecule has 0 radical (unpaired) electrons. The molecule has 28 heavy (non-hydrogen) atoms. The molecule has 0 aliphatic heterocycles. The molecule has 0 saturated heterocycles. The second-order valence-corrected chi connectivity index (χ2v) is 7.54. The molecule has 0 bridgehead atoms. The van der Waals surface area contributed by atoms with Gasteiger partial charge >= 0.3 is 0 Å². The van der Waals surface area contributed by atoms with Crippen molar-refractivity contribution in [2.24, 2.45) is 0 Å². The Morgan fingerprint density at radius 1 is 1.29 bits per heavy atom. The third-order valence-electron chi connectivity index (χ3n) is 5.23. The Bertz CT molecular complexity index is 1070. The first kappa shape index (κ1) is 18.3. The molecular formula is C22H21NO5. The van der Waals surface area contributed by atoms with Gasteiger partial charge in [0.1, 0.15) is 24.2 Å². The lowest BCUT2D eigenvalue weighted by Gasteiger charge is -2.32. The fourth-order valence-electron chi connectivity index (χ4n) is 3.74. The van der Waals surface area contributed by atoms with Crippen molar-refractivity contribution in [2.75, 3.05) is 13.2 Å². The predicted molar refractivity (Wildman–Crippen MR) is 105 cm³/mol. The molecule has 144 valence electrons. The van der Waals surface area contributed by atoms with Gasteiger partial charge in [-0.2, -0.15) is 0 Å². The average Bonchev–Trinajstić information content (AvgIpc) is 2.93. The van der Waals surface area contributed by atoms with Crippen LogP contribution >= 0.6 is 0 Å². The highest BCUT2D eigenvalue weighted by molar-refractivity contribution is 6.15. The van der Waals surface area contributed by atoms with Crippen molar-refractivity contribution in [1.82, 2.24) is 4.98 Å². The smallest absolute Gasteiger partial charge is 0.195 e. The van der Waals surface area contributed by atoms with E-state index in [1.54, 1.807) is 30.4 Å². The number of ketones is 1. The quantitative estimate of drug-likeness (QED) is 0.612.